The lowest BCUT2D eigenvalue weighted by Crippen LogP contribution is -2.47. The number of quaternary nitrogens is 1. The largest absolute Gasteiger partial charge is 0.813 e. The smallest absolute Gasteiger partial charge is 0.0757 e. The summed E-state index contributed by atoms with van der Waals surface area (Å²) in [5.41, 5.74) is 0. The van der Waals surface area contributed by atoms with Gasteiger partial charge in [0, 0.05) is 0 Å². The van der Waals surface area contributed by atoms with E-state index < -0.39 is 0 Å². The minimum atomic E-state index is 0. The van der Waals surface area contributed by atoms with Gasteiger partial charge in [0.15, 0.2) is 0 Å². The Labute approximate surface area is 72.5 Å². The number of hydrogen-bond acceptors (Lipinski definition) is 1. The highest BCUT2D eigenvalue weighted by atomic mass is 32.1. The third kappa shape index (κ3) is 2.93. The van der Waals surface area contributed by atoms with E-state index in [1.807, 2.05) is 0 Å². The van der Waals surface area contributed by atoms with Crippen molar-refractivity contribution in [3.05, 3.63) is 0 Å². The van der Waals surface area contributed by atoms with Crippen molar-refractivity contribution < 1.29 is 4.48 Å². The van der Waals surface area contributed by atoms with Gasteiger partial charge in [0.1, 0.15) is 0 Å². The van der Waals surface area contributed by atoms with Crippen LogP contribution in [0.5, 0.6) is 0 Å². The standard InChI is InChI=1S/C8H20N.H2S/c1-5-9(6-2,7-3)8-4;/h5-8H2,1-4H3;1H2/q+1;/p-1. The van der Waals surface area contributed by atoms with E-state index in [0.717, 1.165) is 0 Å². The van der Waals surface area contributed by atoms with Crippen LogP contribution in [0.25, 0.3) is 0 Å². The zero-order valence-corrected chi connectivity index (χ0v) is 8.62. The van der Waals surface area contributed by atoms with Crippen molar-refractivity contribution in [3.8, 4) is 0 Å². The van der Waals surface area contributed by atoms with Crippen molar-refractivity contribution in [2.75, 3.05) is 26.2 Å². The van der Waals surface area contributed by atoms with E-state index in [2.05, 4.69) is 27.7 Å². The van der Waals surface area contributed by atoms with Crippen LogP contribution in [0.15, 0.2) is 0 Å². The van der Waals surface area contributed by atoms with Gasteiger partial charge in [-0.1, -0.05) is 0 Å². The first kappa shape index (κ1) is 12.9. The zero-order valence-electron chi connectivity index (χ0n) is 7.72. The second kappa shape index (κ2) is 6.05. The minimum absolute atomic E-state index is 0. The lowest BCUT2D eigenvalue weighted by atomic mass is 10.3. The molecule has 0 saturated carbocycles. The average Bonchev–Trinajstić information content (AvgIpc) is 1.95. The molecular formula is C8H21NS. The highest BCUT2D eigenvalue weighted by molar-refractivity contribution is 7.37. The molecule has 64 valence electrons. The molecule has 0 spiro atoms. The van der Waals surface area contributed by atoms with Crippen LogP contribution in [0.2, 0.25) is 0 Å². The van der Waals surface area contributed by atoms with Gasteiger partial charge in [-0.2, -0.15) is 0 Å². The van der Waals surface area contributed by atoms with E-state index in [-0.39, 0.29) is 13.5 Å². The molecule has 1 nitrogen and oxygen atoms in total. The predicted molar refractivity (Wildman–Crippen MR) is 51.2 cm³/mol. The Kier molecular flexibility index (Phi) is 7.83. The fraction of sp³-hybridized carbons (Fsp3) is 1.00. The fourth-order valence-corrected chi connectivity index (χ4v) is 1.34. The van der Waals surface area contributed by atoms with E-state index >= 15 is 0 Å². The molecule has 0 amide bonds. The highest BCUT2D eigenvalue weighted by Crippen LogP contribution is 2.03. The monoisotopic (exact) mass is 163 g/mol. The van der Waals surface area contributed by atoms with E-state index in [1.165, 1.54) is 30.7 Å². The first-order valence-electron chi connectivity index (χ1n) is 4.09. The van der Waals surface area contributed by atoms with Gasteiger partial charge in [-0.25, -0.2) is 0 Å². The fourth-order valence-electron chi connectivity index (χ4n) is 1.34. The van der Waals surface area contributed by atoms with Crippen LogP contribution in [-0.2, 0) is 13.5 Å². The Bertz CT molecular complexity index is 52.1. The summed E-state index contributed by atoms with van der Waals surface area (Å²) in [6, 6.07) is 0. The third-order valence-electron chi connectivity index (χ3n) is 2.68. The van der Waals surface area contributed by atoms with Gasteiger partial charge >= 0.3 is 0 Å². The summed E-state index contributed by atoms with van der Waals surface area (Å²) in [7, 11) is 0. The Balaban J connectivity index is 0. The summed E-state index contributed by atoms with van der Waals surface area (Å²) >= 11 is 0. The van der Waals surface area contributed by atoms with Crippen molar-refractivity contribution in [2.24, 2.45) is 0 Å². The van der Waals surface area contributed by atoms with Crippen LogP contribution in [0.1, 0.15) is 27.7 Å². The van der Waals surface area contributed by atoms with Gasteiger partial charge in [0.2, 0.25) is 0 Å². The summed E-state index contributed by atoms with van der Waals surface area (Å²) in [5, 5.41) is 0. The topological polar surface area (TPSA) is 0 Å². The van der Waals surface area contributed by atoms with Gasteiger partial charge in [-0.3, -0.25) is 0 Å². The molecule has 2 heteroatoms. The Morgan fingerprint density at radius 1 is 0.700 bits per heavy atom. The molecule has 10 heavy (non-hydrogen) atoms. The van der Waals surface area contributed by atoms with E-state index in [4.69, 9.17) is 0 Å². The summed E-state index contributed by atoms with van der Waals surface area (Å²) in [5.74, 6) is 0. The number of nitrogens with zero attached hydrogens (tertiary/aromatic N) is 1. The number of thiol groups is 1. The van der Waals surface area contributed by atoms with Crippen molar-refractivity contribution in [1.29, 1.82) is 0 Å². The summed E-state index contributed by atoms with van der Waals surface area (Å²) < 4.78 is 1.28. The molecule has 0 aliphatic carbocycles. The summed E-state index contributed by atoms with van der Waals surface area (Å²) in [6.07, 6.45) is 0. The molecule has 0 unspecified atom stereocenters. The molecule has 0 radical (unpaired) electrons. The predicted octanol–water partition coefficient (Wildman–Crippen LogP) is 1.61. The second-order valence-electron chi connectivity index (χ2n) is 2.61. The molecule has 0 atom stereocenters. The maximum absolute atomic E-state index is 2.27. The average molecular weight is 163 g/mol. The molecule has 0 saturated heterocycles. The van der Waals surface area contributed by atoms with Crippen LogP contribution < -0.4 is 0 Å². The van der Waals surface area contributed by atoms with Crippen LogP contribution in [0.3, 0.4) is 0 Å². The van der Waals surface area contributed by atoms with E-state index in [9.17, 15) is 0 Å². The first-order valence-corrected chi connectivity index (χ1v) is 4.09. The van der Waals surface area contributed by atoms with Crippen molar-refractivity contribution in [1.82, 2.24) is 0 Å². The van der Waals surface area contributed by atoms with Crippen molar-refractivity contribution in [3.63, 3.8) is 0 Å². The molecule has 0 rings (SSSR count). The molecule has 0 aromatic rings. The molecule has 0 aliphatic rings. The Hall–Kier alpha value is 0.310. The van der Waals surface area contributed by atoms with Crippen LogP contribution in [-0.4, -0.2) is 30.7 Å². The minimum Gasteiger partial charge on any atom is -0.813 e. The molecule has 0 aromatic heterocycles. The van der Waals surface area contributed by atoms with Gasteiger partial charge < -0.3 is 18.0 Å². The normalized spacial score (nSPS) is 10.8. The van der Waals surface area contributed by atoms with Crippen LogP contribution >= 0.6 is 0 Å². The maximum Gasteiger partial charge on any atom is 0.0757 e. The van der Waals surface area contributed by atoms with Gasteiger partial charge in [0.05, 0.1) is 26.2 Å². The Morgan fingerprint density at radius 2 is 0.900 bits per heavy atom. The van der Waals surface area contributed by atoms with Gasteiger partial charge in [0.25, 0.3) is 0 Å². The molecular weight excluding hydrogens is 142 g/mol. The summed E-state index contributed by atoms with van der Waals surface area (Å²) in [4.78, 5) is 0. The van der Waals surface area contributed by atoms with E-state index in [1.54, 1.807) is 0 Å². The number of rotatable bonds is 4. The van der Waals surface area contributed by atoms with Gasteiger partial charge in [-0.15, -0.1) is 0 Å². The molecule has 0 fully saturated rings. The molecule has 0 aromatic carbocycles. The van der Waals surface area contributed by atoms with Crippen LogP contribution in [0, 0.1) is 0 Å². The second-order valence-corrected chi connectivity index (χ2v) is 2.61. The quantitative estimate of drug-likeness (QED) is 0.345. The lowest BCUT2D eigenvalue weighted by Gasteiger charge is -2.34. The van der Waals surface area contributed by atoms with Crippen LogP contribution in [0.4, 0.5) is 0 Å². The van der Waals surface area contributed by atoms with Gasteiger partial charge in [-0.05, 0) is 27.7 Å². The molecule has 0 aliphatic heterocycles. The first-order chi connectivity index (χ1) is 4.24. The third-order valence-corrected chi connectivity index (χ3v) is 2.68. The zero-order chi connectivity index (χ0) is 7.33. The van der Waals surface area contributed by atoms with E-state index in [0.29, 0.717) is 0 Å². The molecule has 0 bridgehead atoms. The lowest BCUT2D eigenvalue weighted by molar-refractivity contribution is -0.921. The number of hydrogen-bond donors (Lipinski definition) is 0. The molecule has 0 heterocycles. The van der Waals surface area contributed by atoms with Crippen molar-refractivity contribution >= 4 is 13.5 Å². The van der Waals surface area contributed by atoms with Crippen molar-refractivity contribution in [2.45, 2.75) is 27.7 Å². The Morgan fingerprint density at radius 3 is 0.900 bits per heavy atom. The maximum atomic E-state index is 2.27. The molecule has 0 N–H and O–H groups in total. The SMILES string of the molecule is CC[N+](CC)(CC)CC.[SH-]. The highest BCUT2D eigenvalue weighted by Gasteiger charge is 2.16. The summed E-state index contributed by atoms with van der Waals surface area (Å²) in [6.45, 7) is 14.2.